The van der Waals surface area contributed by atoms with Gasteiger partial charge in [-0.3, -0.25) is 0 Å². The van der Waals surface area contributed by atoms with E-state index in [1.54, 1.807) is 0 Å². The fraction of sp³-hybridized carbons (Fsp3) is 0.636. The summed E-state index contributed by atoms with van der Waals surface area (Å²) in [6, 6.07) is 0. The van der Waals surface area contributed by atoms with Gasteiger partial charge in [0.1, 0.15) is 0 Å². The molecule has 0 spiro atoms. The van der Waals surface area contributed by atoms with Crippen molar-refractivity contribution in [2.75, 3.05) is 0 Å². The average molecular weight is 152 g/mol. The van der Waals surface area contributed by atoms with Crippen LogP contribution in [0, 0.1) is 19.8 Å². The summed E-state index contributed by atoms with van der Waals surface area (Å²) >= 11 is 0. The summed E-state index contributed by atoms with van der Waals surface area (Å²) in [5, 5.41) is 0. The Balaban J connectivity index is 3.40. The van der Waals surface area contributed by atoms with E-state index in [9.17, 15) is 0 Å². The Labute approximate surface area is 71.7 Å². The van der Waals surface area contributed by atoms with Crippen molar-refractivity contribution in [3.05, 3.63) is 26.0 Å². The van der Waals surface area contributed by atoms with Gasteiger partial charge in [0.05, 0.1) is 0 Å². The van der Waals surface area contributed by atoms with E-state index >= 15 is 0 Å². The molecule has 0 bridgehead atoms. The topological polar surface area (TPSA) is 0 Å². The number of hydrogen-bond donors (Lipinski definition) is 0. The molecule has 0 nitrogen and oxygen atoms in total. The van der Waals surface area contributed by atoms with Crippen molar-refractivity contribution in [1.82, 2.24) is 0 Å². The molecule has 0 amide bonds. The minimum absolute atomic E-state index is 0.856. The van der Waals surface area contributed by atoms with Gasteiger partial charge in [0.2, 0.25) is 0 Å². The minimum Gasteiger partial charge on any atom is -0.0883 e. The Hall–Kier alpha value is -0.260. The zero-order valence-corrected chi connectivity index (χ0v) is 7.68. The van der Waals surface area contributed by atoms with Crippen LogP contribution in [-0.2, 0) is 0 Å². The Morgan fingerprint density at radius 2 is 2.18 bits per heavy atom. The van der Waals surface area contributed by atoms with Gasteiger partial charge >= 0.3 is 0 Å². The molecule has 11 heavy (non-hydrogen) atoms. The van der Waals surface area contributed by atoms with Crippen molar-refractivity contribution in [1.29, 1.82) is 0 Å². The summed E-state index contributed by atoms with van der Waals surface area (Å²) in [4.78, 5) is 0. The van der Waals surface area contributed by atoms with Gasteiger partial charge in [-0.15, -0.1) is 0 Å². The van der Waals surface area contributed by atoms with Crippen LogP contribution in [0.2, 0.25) is 0 Å². The first-order valence-electron chi connectivity index (χ1n) is 4.58. The van der Waals surface area contributed by atoms with Gasteiger partial charge in [-0.25, -0.2) is 0 Å². The van der Waals surface area contributed by atoms with E-state index < -0.39 is 0 Å². The van der Waals surface area contributed by atoms with E-state index in [4.69, 9.17) is 0 Å². The first-order valence-corrected chi connectivity index (χ1v) is 4.58. The standard InChI is InChI=1S/C11H20/c1-4-7-9-11(6-3)10-8-5-2/h4,7,11H,1-2,5-6,8-10H2,3H3. The van der Waals surface area contributed by atoms with Crippen molar-refractivity contribution < 1.29 is 0 Å². The van der Waals surface area contributed by atoms with Crippen LogP contribution in [0.25, 0.3) is 0 Å². The van der Waals surface area contributed by atoms with Crippen molar-refractivity contribution in [2.45, 2.75) is 39.0 Å². The van der Waals surface area contributed by atoms with Crippen LogP contribution in [0.15, 0.2) is 12.2 Å². The molecule has 0 aromatic carbocycles. The molecule has 0 heteroatoms. The predicted molar refractivity (Wildman–Crippen MR) is 52.1 cm³/mol. The smallest absolute Gasteiger partial charge is 0.0316 e. The highest BCUT2D eigenvalue weighted by atomic mass is 14.1. The fourth-order valence-corrected chi connectivity index (χ4v) is 1.21. The van der Waals surface area contributed by atoms with E-state index in [1.165, 1.54) is 25.7 Å². The number of allylic oxidation sites excluding steroid dienone is 2. The quantitative estimate of drug-likeness (QED) is 0.543. The van der Waals surface area contributed by atoms with Crippen LogP contribution >= 0.6 is 0 Å². The molecule has 0 aliphatic rings. The molecule has 2 radical (unpaired) electrons. The lowest BCUT2D eigenvalue weighted by molar-refractivity contribution is 0.461. The average Bonchev–Trinajstić information content (AvgIpc) is 2.05. The monoisotopic (exact) mass is 152 g/mol. The van der Waals surface area contributed by atoms with E-state index in [1.807, 2.05) is 6.08 Å². The highest BCUT2D eigenvalue weighted by Crippen LogP contribution is 2.16. The first kappa shape index (κ1) is 10.7. The molecule has 0 rings (SSSR count). The van der Waals surface area contributed by atoms with E-state index in [0.717, 1.165) is 12.3 Å². The highest BCUT2D eigenvalue weighted by Gasteiger charge is 2.01. The van der Waals surface area contributed by atoms with Crippen LogP contribution < -0.4 is 0 Å². The third-order valence-corrected chi connectivity index (χ3v) is 2.08. The Kier molecular flexibility index (Phi) is 7.66. The second kappa shape index (κ2) is 7.84. The lowest BCUT2D eigenvalue weighted by atomic mass is 9.96. The van der Waals surface area contributed by atoms with Gasteiger partial charge < -0.3 is 0 Å². The first-order chi connectivity index (χ1) is 5.35. The maximum Gasteiger partial charge on any atom is -0.0316 e. The molecule has 0 aliphatic carbocycles. The van der Waals surface area contributed by atoms with Crippen molar-refractivity contribution in [3.8, 4) is 0 Å². The Morgan fingerprint density at radius 3 is 2.64 bits per heavy atom. The molecule has 0 saturated carbocycles. The molecule has 0 aromatic rings. The molecule has 64 valence electrons. The van der Waals surface area contributed by atoms with Crippen LogP contribution in [0.4, 0.5) is 0 Å². The normalized spacial score (nSPS) is 14.1. The van der Waals surface area contributed by atoms with Gasteiger partial charge in [-0.1, -0.05) is 51.7 Å². The van der Waals surface area contributed by atoms with Gasteiger partial charge in [-0.2, -0.15) is 0 Å². The molecule has 0 aromatic heterocycles. The van der Waals surface area contributed by atoms with Crippen LogP contribution in [0.5, 0.6) is 0 Å². The molecule has 1 atom stereocenters. The van der Waals surface area contributed by atoms with E-state index in [2.05, 4.69) is 26.8 Å². The van der Waals surface area contributed by atoms with Gasteiger partial charge in [0, 0.05) is 0 Å². The fourth-order valence-electron chi connectivity index (χ4n) is 1.21. The second-order valence-electron chi connectivity index (χ2n) is 2.98. The summed E-state index contributed by atoms with van der Waals surface area (Å²) in [5.74, 6) is 0.856. The maximum atomic E-state index is 3.84. The summed E-state index contributed by atoms with van der Waals surface area (Å²) in [7, 11) is 0. The Bertz CT molecular complexity index is 92.2. The number of hydrogen-bond acceptors (Lipinski definition) is 0. The van der Waals surface area contributed by atoms with Crippen molar-refractivity contribution in [3.63, 3.8) is 0 Å². The molecular weight excluding hydrogens is 132 g/mol. The van der Waals surface area contributed by atoms with E-state index in [0.29, 0.717) is 0 Å². The van der Waals surface area contributed by atoms with Gasteiger partial charge in [0.15, 0.2) is 0 Å². The third kappa shape index (κ3) is 6.15. The summed E-state index contributed by atoms with van der Waals surface area (Å²) < 4.78 is 0. The molecule has 0 heterocycles. The molecule has 0 fully saturated rings. The summed E-state index contributed by atoms with van der Waals surface area (Å²) in [6.45, 7) is 9.78. The number of unbranched alkanes of at least 4 members (excludes halogenated alkanes) is 1. The van der Waals surface area contributed by atoms with Crippen molar-refractivity contribution in [2.24, 2.45) is 5.92 Å². The van der Waals surface area contributed by atoms with Crippen molar-refractivity contribution >= 4 is 0 Å². The molecular formula is C11H20. The van der Waals surface area contributed by atoms with Crippen LogP contribution in [0.1, 0.15) is 39.0 Å². The SMILES string of the molecule is [CH2]C=CCC(CC)CCC[CH2]. The largest absolute Gasteiger partial charge is 0.0883 e. The van der Waals surface area contributed by atoms with Gasteiger partial charge in [0.25, 0.3) is 0 Å². The van der Waals surface area contributed by atoms with E-state index in [-0.39, 0.29) is 0 Å². The Morgan fingerprint density at radius 1 is 1.45 bits per heavy atom. The number of rotatable bonds is 6. The van der Waals surface area contributed by atoms with Gasteiger partial charge in [-0.05, 0) is 19.3 Å². The molecule has 0 N–H and O–H groups in total. The molecule has 0 aliphatic heterocycles. The minimum atomic E-state index is 0.856. The van der Waals surface area contributed by atoms with Crippen LogP contribution in [-0.4, -0.2) is 0 Å². The maximum absolute atomic E-state index is 3.84. The highest BCUT2D eigenvalue weighted by molar-refractivity contribution is 4.85. The second-order valence-corrected chi connectivity index (χ2v) is 2.98. The zero-order chi connectivity index (χ0) is 8.53. The lowest BCUT2D eigenvalue weighted by Gasteiger charge is -2.10. The lowest BCUT2D eigenvalue weighted by Crippen LogP contribution is -1.96. The molecule has 1 unspecified atom stereocenters. The summed E-state index contributed by atoms with van der Waals surface area (Å²) in [6.07, 6.45) is 10.2. The zero-order valence-electron chi connectivity index (χ0n) is 7.68. The predicted octanol–water partition coefficient (Wildman–Crippen LogP) is 3.80. The summed E-state index contributed by atoms with van der Waals surface area (Å²) in [5.41, 5.74) is 0. The van der Waals surface area contributed by atoms with Crippen LogP contribution in [0.3, 0.4) is 0 Å². The third-order valence-electron chi connectivity index (χ3n) is 2.08. The molecule has 0 saturated heterocycles.